The van der Waals surface area contributed by atoms with Gasteiger partial charge in [-0.2, -0.15) is 0 Å². The normalized spacial score (nSPS) is 18.0. The molecule has 0 aromatic heterocycles. The lowest BCUT2D eigenvalue weighted by Gasteiger charge is -2.16. The Hall–Kier alpha value is -2.64. The molecule has 3 rings (SSSR count). The molecule has 5 nitrogen and oxygen atoms in total. The first kappa shape index (κ1) is 19.1. The van der Waals surface area contributed by atoms with Crippen LogP contribution in [-0.4, -0.2) is 25.7 Å². The van der Waals surface area contributed by atoms with Crippen molar-refractivity contribution in [3.05, 3.63) is 58.4 Å². The Morgan fingerprint density at radius 2 is 1.93 bits per heavy atom. The van der Waals surface area contributed by atoms with E-state index in [1.54, 1.807) is 0 Å². The smallest absolute Gasteiger partial charge is 0.281 e. The molecule has 2 aromatic rings. The summed E-state index contributed by atoms with van der Waals surface area (Å²) in [5.74, 6) is -6.97. The first-order valence-electron chi connectivity index (χ1n) is 7.41. The Balaban J connectivity index is 2.22. The van der Waals surface area contributed by atoms with Gasteiger partial charge in [0, 0.05) is 29.9 Å². The predicted molar refractivity (Wildman–Crippen MR) is 85.9 cm³/mol. The zero-order valence-corrected chi connectivity index (χ0v) is 14.4. The summed E-state index contributed by atoms with van der Waals surface area (Å²) < 4.78 is 85.0. The molecule has 0 aliphatic heterocycles. The third-order valence-electron chi connectivity index (χ3n) is 4.03. The van der Waals surface area contributed by atoms with E-state index in [2.05, 4.69) is 4.85 Å². The zero-order chi connectivity index (χ0) is 20.1. The summed E-state index contributed by atoms with van der Waals surface area (Å²) in [4.78, 5) is 2.24. The van der Waals surface area contributed by atoms with E-state index in [1.165, 1.54) is 0 Å². The van der Waals surface area contributed by atoms with Gasteiger partial charge in [0.25, 0.3) is 5.92 Å². The average molecular weight is 401 g/mol. The van der Waals surface area contributed by atoms with Gasteiger partial charge in [-0.15, -0.1) is 0 Å². The van der Waals surface area contributed by atoms with Crippen LogP contribution in [0.3, 0.4) is 0 Å². The molecule has 2 aromatic carbocycles. The zero-order valence-electron chi connectivity index (χ0n) is 13.6. The number of hydrogen-bond acceptors (Lipinski definition) is 4. The Morgan fingerprint density at radius 1 is 1.26 bits per heavy atom. The SMILES string of the molecule is [C-]#[N+]c1cc(F)cc(Oc2c(F)cc(S(C)(=O)=O)c3c2CC(F)(F)C3O)c1. The van der Waals surface area contributed by atoms with Gasteiger partial charge in [0.05, 0.1) is 11.5 Å². The molecule has 0 saturated heterocycles. The number of nitrogens with zero attached hydrogens (tertiary/aromatic N) is 1. The van der Waals surface area contributed by atoms with Crippen molar-refractivity contribution in [2.75, 3.05) is 6.26 Å². The predicted octanol–water partition coefficient (Wildman–Crippen LogP) is 3.94. The summed E-state index contributed by atoms with van der Waals surface area (Å²) in [5, 5.41) is 9.87. The van der Waals surface area contributed by atoms with E-state index < -0.39 is 61.7 Å². The molecule has 10 heteroatoms. The van der Waals surface area contributed by atoms with Crippen LogP contribution in [0.2, 0.25) is 0 Å². The lowest BCUT2D eigenvalue weighted by atomic mass is 10.1. The first-order chi connectivity index (χ1) is 12.4. The molecule has 0 amide bonds. The van der Waals surface area contributed by atoms with Crippen LogP contribution in [0.1, 0.15) is 17.2 Å². The van der Waals surface area contributed by atoms with E-state index in [-0.39, 0.29) is 11.4 Å². The second kappa shape index (κ2) is 6.21. The molecule has 0 radical (unpaired) electrons. The number of ether oxygens (including phenoxy) is 1. The molecule has 0 saturated carbocycles. The lowest BCUT2D eigenvalue weighted by molar-refractivity contribution is -0.0976. The molecule has 0 heterocycles. The van der Waals surface area contributed by atoms with Crippen molar-refractivity contribution >= 4 is 15.5 Å². The van der Waals surface area contributed by atoms with Crippen molar-refractivity contribution in [3.8, 4) is 11.5 Å². The number of benzene rings is 2. The van der Waals surface area contributed by atoms with Gasteiger partial charge >= 0.3 is 0 Å². The third-order valence-corrected chi connectivity index (χ3v) is 5.17. The third kappa shape index (κ3) is 3.36. The van der Waals surface area contributed by atoms with Gasteiger partial charge < -0.3 is 9.84 Å². The number of hydrogen-bond donors (Lipinski definition) is 1. The molecule has 1 aliphatic rings. The van der Waals surface area contributed by atoms with Crippen LogP contribution >= 0.6 is 0 Å². The highest BCUT2D eigenvalue weighted by Crippen LogP contribution is 2.50. The van der Waals surface area contributed by atoms with E-state index in [4.69, 9.17) is 11.3 Å². The van der Waals surface area contributed by atoms with Crippen LogP contribution in [0, 0.1) is 18.2 Å². The maximum Gasteiger partial charge on any atom is 0.281 e. The summed E-state index contributed by atoms with van der Waals surface area (Å²) in [5.41, 5.74) is -1.34. The van der Waals surface area contributed by atoms with Crippen LogP contribution in [0.15, 0.2) is 29.2 Å². The van der Waals surface area contributed by atoms with Crippen LogP contribution in [0.25, 0.3) is 4.85 Å². The summed E-state index contributed by atoms with van der Waals surface area (Å²) in [7, 11) is -4.13. The first-order valence-corrected chi connectivity index (χ1v) is 9.30. The molecule has 0 fully saturated rings. The minimum atomic E-state index is -4.13. The fourth-order valence-corrected chi connectivity index (χ4v) is 3.85. The van der Waals surface area contributed by atoms with Crippen molar-refractivity contribution < 1.29 is 35.8 Å². The molecular weight excluding hydrogens is 390 g/mol. The number of rotatable bonds is 3. The van der Waals surface area contributed by atoms with Gasteiger partial charge in [-0.25, -0.2) is 30.8 Å². The minimum absolute atomic E-state index is 0.167. The Morgan fingerprint density at radius 3 is 2.52 bits per heavy atom. The quantitative estimate of drug-likeness (QED) is 0.625. The van der Waals surface area contributed by atoms with Gasteiger partial charge in [0.2, 0.25) is 0 Å². The number of aliphatic hydroxyl groups excluding tert-OH is 1. The molecule has 1 atom stereocenters. The summed E-state index contributed by atoms with van der Waals surface area (Å²) in [6.07, 6.45) is -2.93. The van der Waals surface area contributed by atoms with E-state index in [0.717, 1.165) is 18.2 Å². The largest absolute Gasteiger partial charge is 0.455 e. The molecule has 0 spiro atoms. The highest BCUT2D eigenvalue weighted by atomic mass is 32.2. The molecule has 27 heavy (non-hydrogen) atoms. The second-order valence-electron chi connectivity index (χ2n) is 6.05. The van der Waals surface area contributed by atoms with Crippen molar-refractivity contribution in [2.45, 2.75) is 23.3 Å². The van der Waals surface area contributed by atoms with Crippen LogP contribution < -0.4 is 4.74 Å². The lowest BCUT2D eigenvalue weighted by Crippen LogP contribution is -2.22. The fraction of sp³-hybridized carbons (Fsp3) is 0.235. The number of fused-ring (bicyclic) bond motifs is 1. The van der Waals surface area contributed by atoms with Gasteiger partial charge in [0.15, 0.2) is 27.1 Å². The fourth-order valence-electron chi connectivity index (χ4n) is 2.90. The van der Waals surface area contributed by atoms with Crippen molar-refractivity contribution in [1.29, 1.82) is 0 Å². The molecule has 142 valence electrons. The molecule has 0 bridgehead atoms. The van der Waals surface area contributed by atoms with Crippen molar-refractivity contribution in [3.63, 3.8) is 0 Å². The second-order valence-corrected chi connectivity index (χ2v) is 8.03. The highest BCUT2D eigenvalue weighted by Gasteiger charge is 2.51. The van der Waals surface area contributed by atoms with Crippen molar-refractivity contribution in [2.24, 2.45) is 0 Å². The highest BCUT2D eigenvalue weighted by molar-refractivity contribution is 7.90. The minimum Gasteiger partial charge on any atom is -0.455 e. The van der Waals surface area contributed by atoms with Crippen LogP contribution in [0.4, 0.5) is 23.2 Å². The molecule has 1 unspecified atom stereocenters. The Labute approximate surface area is 151 Å². The van der Waals surface area contributed by atoms with Gasteiger partial charge in [0.1, 0.15) is 17.7 Å². The molecular formula is C17H11F4NO4S. The summed E-state index contributed by atoms with van der Waals surface area (Å²) >= 11 is 0. The van der Waals surface area contributed by atoms with E-state index in [1.807, 2.05) is 0 Å². The summed E-state index contributed by atoms with van der Waals surface area (Å²) in [6.45, 7) is 6.89. The monoisotopic (exact) mass is 401 g/mol. The number of sulfone groups is 1. The average Bonchev–Trinajstić information content (AvgIpc) is 2.78. The summed E-state index contributed by atoms with van der Waals surface area (Å²) in [6, 6.07) is 3.25. The van der Waals surface area contributed by atoms with E-state index in [9.17, 15) is 31.1 Å². The maximum absolute atomic E-state index is 14.5. The molecule has 1 aliphatic carbocycles. The maximum atomic E-state index is 14.5. The van der Waals surface area contributed by atoms with Gasteiger partial charge in [-0.05, 0) is 18.2 Å². The van der Waals surface area contributed by atoms with Gasteiger partial charge in [-0.1, -0.05) is 0 Å². The van der Waals surface area contributed by atoms with Crippen LogP contribution in [0.5, 0.6) is 11.5 Å². The van der Waals surface area contributed by atoms with E-state index in [0.29, 0.717) is 12.3 Å². The number of halogens is 4. The Kier molecular flexibility index (Phi) is 4.40. The Bertz CT molecular complexity index is 1090. The standard InChI is InChI=1S/C17H11F4NO4S/c1-22-9-3-8(18)4-10(5-9)26-15-11-7-17(20,21)16(23)14(11)13(6-12(15)19)27(2,24)25/h3-6,16,23H,7H2,2H3. The van der Waals surface area contributed by atoms with Gasteiger partial charge in [-0.3, -0.25) is 0 Å². The topological polar surface area (TPSA) is 68.0 Å². The van der Waals surface area contributed by atoms with Crippen molar-refractivity contribution in [1.82, 2.24) is 0 Å². The number of aliphatic hydroxyl groups is 1. The molecule has 1 N–H and O–H groups in total. The number of alkyl halides is 2. The van der Waals surface area contributed by atoms with E-state index >= 15 is 0 Å². The van der Waals surface area contributed by atoms with Crippen LogP contribution in [-0.2, 0) is 16.3 Å².